The van der Waals surface area contributed by atoms with Gasteiger partial charge in [-0.25, -0.2) is 9.67 Å². The van der Waals surface area contributed by atoms with Crippen molar-refractivity contribution in [2.75, 3.05) is 11.1 Å². The van der Waals surface area contributed by atoms with Crippen molar-refractivity contribution in [3.8, 4) is 11.4 Å². The minimum Gasteiger partial charge on any atom is -0.323 e. The highest BCUT2D eigenvalue weighted by molar-refractivity contribution is 7.99. The first kappa shape index (κ1) is 21.6. The molecule has 4 aromatic rings. The molecule has 0 spiro atoms. The van der Waals surface area contributed by atoms with Crippen molar-refractivity contribution in [2.45, 2.75) is 18.3 Å². The number of nitrogens with one attached hydrogen (secondary N) is 1. The Labute approximate surface area is 184 Å². The van der Waals surface area contributed by atoms with Gasteiger partial charge in [-0.3, -0.25) is 9.36 Å². The zero-order valence-corrected chi connectivity index (χ0v) is 17.4. The number of carbonyl (C=O) groups is 1. The Bertz CT molecular complexity index is 1240. The first-order chi connectivity index (χ1) is 15.3. The summed E-state index contributed by atoms with van der Waals surface area (Å²) < 4.78 is 42.6. The molecule has 0 saturated heterocycles. The van der Waals surface area contributed by atoms with Gasteiger partial charge in [0.25, 0.3) is 0 Å². The lowest BCUT2D eigenvalue weighted by Gasteiger charge is -2.14. The van der Waals surface area contributed by atoms with Gasteiger partial charge in [0.1, 0.15) is 19.0 Å². The number of carbonyl (C=O) groups excluding carboxylic acids is 1. The van der Waals surface area contributed by atoms with E-state index in [9.17, 15) is 18.0 Å². The minimum atomic E-state index is -4.56. The Balaban J connectivity index is 1.53. The lowest BCUT2D eigenvalue weighted by Crippen LogP contribution is -2.17. The summed E-state index contributed by atoms with van der Waals surface area (Å²) >= 11 is 1.12. The molecule has 1 N–H and O–H groups in total. The minimum absolute atomic E-state index is 0.0312. The average molecular weight is 459 g/mol. The van der Waals surface area contributed by atoms with Gasteiger partial charge in [-0.05, 0) is 36.8 Å². The summed E-state index contributed by atoms with van der Waals surface area (Å²) in [5.74, 6) is -0.590. The zero-order valence-electron chi connectivity index (χ0n) is 16.6. The Morgan fingerprint density at radius 1 is 1.12 bits per heavy atom. The second-order valence-electron chi connectivity index (χ2n) is 6.68. The molecule has 32 heavy (non-hydrogen) atoms. The molecule has 0 bridgehead atoms. The van der Waals surface area contributed by atoms with Crippen molar-refractivity contribution in [3.63, 3.8) is 0 Å². The van der Waals surface area contributed by atoms with Crippen LogP contribution in [0.15, 0.2) is 66.6 Å². The third-order valence-corrected chi connectivity index (χ3v) is 5.43. The quantitative estimate of drug-likeness (QED) is 0.440. The van der Waals surface area contributed by atoms with Gasteiger partial charge in [-0.15, -0.1) is 10.2 Å². The van der Waals surface area contributed by atoms with Crippen LogP contribution in [0.1, 0.15) is 11.1 Å². The highest BCUT2D eigenvalue weighted by Crippen LogP contribution is 2.33. The molecule has 0 unspecified atom stereocenters. The molecule has 0 aliphatic carbocycles. The standard InChI is InChI=1S/C20H16F3N7OS/c1-13-4-2-3-5-16(13)29-12-25-28-19(29)32-9-18(31)27-15-8-14(20(21,22)23)6-7-17(15)30-11-24-10-26-30/h2-8,10-12H,9H2,1H3,(H,27,31). The summed E-state index contributed by atoms with van der Waals surface area (Å²) in [6.45, 7) is 1.94. The number of para-hydroxylation sites is 1. The largest absolute Gasteiger partial charge is 0.416 e. The fourth-order valence-electron chi connectivity index (χ4n) is 2.98. The van der Waals surface area contributed by atoms with E-state index in [0.29, 0.717) is 5.16 Å². The second kappa shape index (κ2) is 8.83. The van der Waals surface area contributed by atoms with Crippen LogP contribution in [-0.2, 0) is 11.0 Å². The maximum Gasteiger partial charge on any atom is 0.416 e. The van der Waals surface area contributed by atoms with Crippen LogP contribution >= 0.6 is 11.8 Å². The summed E-state index contributed by atoms with van der Waals surface area (Å²) in [5, 5.41) is 14.9. The zero-order chi connectivity index (χ0) is 22.7. The van der Waals surface area contributed by atoms with E-state index in [0.717, 1.165) is 35.1 Å². The Kier molecular flexibility index (Phi) is 5.95. The molecule has 164 valence electrons. The predicted octanol–water partition coefficient (Wildman–Crippen LogP) is 3.91. The average Bonchev–Trinajstić information content (AvgIpc) is 3.44. The van der Waals surface area contributed by atoms with Crippen LogP contribution in [-0.4, -0.2) is 41.2 Å². The molecule has 2 aromatic heterocycles. The molecule has 0 aliphatic rings. The van der Waals surface area contributed by atoms with E-state index < -0.39 is 17.6 Å². The SMILES string of the molecule is Cc1ccccc1-n1cnnc1SCC(=O)Nc1cc(C(F)(F)F)ccc1-n1cncn1. The van der Waals surface area contributed by atoms with E-state index >= 15 is 0 Å². The number of hydrogen-bond donors (Lipinski definition) is 1. The highest BCUT2D eigenvalue weighted by atomic mass is 32.2. The van der Waals surface area contributed by atoms with Gasteiger partial charge in [-0.1, -0.05) is 30.0 Å². The highest BCUT2D eigenvalue weighted by Gasteiger charge is 2.31. The van der Waals surface area contributed by atoms with Gasteiger partial charge >= 0.3 is 6.18 Å². The van der Waals surface area contributed by atoms with Crippen molar-refractivity contribution >= 4 is 23.4 Å². The normalized spacial score (nSPS) is 11.5. The van der Waals surface area contributed by atoms with Gasteiger partial charge < -0.3 is 5.32 Å². The topological polar surface area (TPSA) is 90.5 Å². The van der Waals surface area contributed by atoms with Gasteiger partial charge in [0.05, 0.1) is 28.4 Å². The molecule has 0 fully saturated rings. The third-order valence-electron chi connectivity index (χ3n) is 4.49. The monoisotopic (exact) mass is 459 g/mol. The number of amides is 1. The van der Waals surface area contributed by atoms with Crippen LogP contribution in [0.3, 0.4) is 0 Å². The Morgan fingerprint density at radius 3 is 2.66 bits per heavy atom. The van der Waals surface area contributed by atoms with Crippen LogP contribution in [0.4, 0.5) is 18.9 Å². The molecule has 2 heterocycles. The second-order valence-corrected chi connectivity index (χ2v) is 7.62. The van der Waals surface area contributed by atoms with Crippen LogP contribution in [0, 0.1) is 6.92 Å². The molecular formula is C20H16F3N7OS. The van der Waals surface area contributed by atoms with Gasteiger partial charge in [0.2, 0.25) is 5.91 Å². The first-order valence-corrected chi connectivity index (χ1v) is 10.3. The number of aryl methyl sites for hydroxylation is 1. The lowest BCUT2D eigenvalue weighted by atomic mass is 10.1. The number of anilines is 1. The van der Waals surface area contributed by atoms with Crippen LogP contribution in [0.25, 0.3) is 11.4 Å². The fourth-order valence-corrected chi connectivity index (χ4v) is 3.70. The fraction of sp³-hybridized carbons (Fsp3) is 0.150. The van der Waals surface area contributed by atoms with E-state index in [2.05, 4.69) is 25.6 Å². The molecule has 0 saturated carbocycles. The molecule has 0 atom stereocenters. The van der Waals surface area contributed by atoms with Crippen LogP contribution in [0.5, 0.6) is 0 Å². The summed E-state index contributed by atoms with van der Waals surface area (Å²) in [7, 11) is 0. The van der Waals surface area contributed by atoms with E-state index in [-0.39, 0.29) is 17.1 Å². The van der Waals surface area contributed by atoms with E-state index in [1.807, 2.05) is 31.2 Å². The Morgan fingerprint density at radius 2 is 1.94 bits per heavy atom. The summed E-state index contributed by atoms with van der Waals surface area (Å²) in [4.78, 5) is 16.4. The first-order valence-electron chi connectivity index (χ1n) is 9.28. The van der Waals surface area contributed by atoms with Crippen molar-refractivity contribution in [1.29, 1.82) is 0 Å². The summed E-state index contributed by atoms with van der Waals surface area (Å²) in [6, 6.07) is 10.6. The van der Waals surface area contributed by atoms with E-state index in [1.165, 1.54) is 29.7 Å². The van der Waals surface area contributed by atoms with E-state index in [4.69, 9.17) is 0 Å². The number of nitrogens with zero attached hydrogens (tertiary/aromatic N) is 6. The summed E-state index contributed by atoms with van der Waals surface area (Å²) in [6.07, 6.45) is -0.438. The molecule has 8 nitrogen and oxygen atoms in total. The number of thioether (sulfide) groups is 1. The van der Waals surface area contributed by atoms with Crippen molar-refractivity contribution < 1.29 is 18.0 Å². The molecule has 12 heteroatoms. The van der Waals surface area contributed by atoms with Gasteiger partial charge in [-0.2, -0.15) is 18.3 Å². The van der Waals surface area contributed by atoms with Gasteiger partial charge in [0, 0.05) is 0 Å². The van der Waals surface area contributed by atoms with Crippen molar-refractivity contribution in [1.82, 2.24) is 29.5 Å². The number of alkyl halides is 3. The van der Waals surface area contributed by atoms with Crippen molar-refractivity contribution in [2.24, 2.45) is 0 Å². The molecule has 2 aromatic carbocycles. The third kappa shape index (κ3) is 4.64. The number of halogens is 3. The van der Waals surface area contributed by atoms with Crippen LogP contribution < -0.4 is 5.32 Å². The number of aromatic nitrogens is 6. The number of benzene rings is 2. The summed E-state index contributed by atoms with van der Waals surface area (Å²) in [5.41, 5.74) is 1.21. The smallest absolute Gasteiger partial charge is 0.323 e. The number of rotatable bonds is 6. The molecule has 0 radical (unpaired) electrons. The van der Waals surface area contributed by atoms with Crippen molar-refractivity contribution in [3.05, 3.63) is 72.6 Å². The molecule has 1 amide bonds. The maximum atomic E-state index is 13.2. The molecule has 0 aliphatic heterocycles. The van der Waals surface area contributed by atoms with E-state index in [1.54, 1.807) is 4.57 Å². The predicted molar refractivity (Wildman–Crippen MR) is 112 cm³/mol. The molecular weight excluding hydrogens is 443 g/mol. The maximum absolute atomic E-state index is 13.2. The molecule has 4 rings (SSSR count). The van der Waals surface area contributed by atoms with Crippen LogP contribution in [0.2, 0.25) is 0 Å². The number of hydrogen-bond acceptors (Lipinski definition) is 6. The lowest BCUT2D eigenvalue weighted by molar-refractivity contribution is -0.137. The van der Waals surface area contributed by atoms with Gasteiger partial charge in [0.15, 0.2) is 5.16 Å². The Hall–Kier alpha value is -3.67.